The van der Waals surface area contributed by atoms with Crippen molar-refractivity contribution in [1.29, 1.82) is 0 Å². The predicted molar refractivity (Wildman–Crippen MR) is 135 cm³/mol. The van der Waals surface area contributed by atoms with Gasteiger partial charge in [-0.2, -0.15) is 4.98 Å². The minimum absolute atomic E-state index is 0.118. The molecule has 4 N–H and O–H groups in total. The number of nitrogens with one attached hydrogen (secondary N) is 4. The number of anilines is 3. The SMILES string of the molecule is C[C@@H](Nc1nc(Nc2ccc3[nH]cc(C4=CCNCC4)c3c2)ncc1Br)c1ccccc1. The van der Waals surface area contributed by atoms with Crippen LogP contribution < -0.4 is 16.0 Å². The second-order valence-corrected chi connectivity index (χ2v) is 8.79. The van der Waals surface area contributed by atoms with Gasteiger partial charge in [-0.25, -0.2) is 4.98 Å². The molecule has 6 nitrogen and oxygen atoms in total. The summed E-state index contributed by atoms with van der Waals surface area (Å²) in [6.07, 6.45) is 7.19. The molecule has 2 aromatic heterocycles. The molecule has 0 saturated carbocycles. The second-order valence-electron chi connectivity index (χ2n) is 7.94. The van der Waals surface area contributed by atoms with E-state index in [4.69, 9.17) is 4.98 Å². The van der Waals surface area contributed by atoms with Crippen molar-refractivity contribution in [2.75, 3.05) is 23.7 Å². The number of H-pyrrole nitrogens is 1. The standard InChI is InChI=1S/C25H25BrN6/c1-16(17-5-3-2-4-6-17)30-24-22(26)15-29-25(32-24)31-19-7-8-23-20(13-19)21(14-28-23)18-9-11-27-12-10-18/h2-9,13-16,27-28H,10-12H2,1H3,(H2,29,30,31,32)/t16-/m1/s1. The Morgan fingerprint density at radius 1 is 1.12 bits per heavy atom. The molecule has 1 aliphatic rings. The molecule has 0 saturated heterocycles. The van der Waals surface area contributed by atoms with E-state index in [9.17, 15) is 0 Å². The van der Waals surface area contributed by atoms with E-state index in [1.807, 2.05) is 24.3 Å². The molecule has 0 spiro atoms. The zero-order valence-electron chi connectivity index (χ0n) is 17.8. The molecule has 0 amide bonds. The molecule has 4 aromatic rings. The Morgan fingerprint density at radius 2 is 2.00 bits per heavy atom. The molecule has 1 atom stereocenters. The Balaban J connectivity index is 1.39. The topological polar surface area (TPSA) is 77.7 Å². The predicted octanol–water partition coefficient (Wildman–Crippen LogP) is 6.01. The van der Waals surface area contributed by atoms with Crippen LogP contribution in [0.4, 0.5) is 17.5 Å². The van der Waals surface area contributed by atoms with Crippen LogP contribution >= 0.6 is 15.9 Å². The highest BCUT2D eigenvalue weighted by molar-refractivity contribution is 9.10. The number of hydrogen-bond acceptors (Lipinski definition) is 5. The molecule has 0 radical (unpaired) electrons. The molecule has 5 rings (SSSR count). The third-order valence-electron chi connectivity index (χ3n) is 5.74. The first-order valence-electron chi connectivity index (χ1n) is 10.8. The lowest BCUT2D eigenvalue weighted by molar-refractivity contribution is 0.739. The van der Waals surface area contributed by atoms with E-state index in [1.165, 1.54) is 22.1 Å². The number of fused-ring (bicyclic) bond motifs is 1. The first kappa shape index (κ1) is 20.7. The van der Waals surface area contributed by atoms with Crippen LogP contribution in [-0.2, 0) is 0 Å². The van der Waals surface area contributed by atoms with Gasteiger partial charge in [0.2, 0.25) is 5.95 Å². The number of hydrogen-bond donors (Lipinski definition) is 4. The number of halogens is 1. The van der Waals surface area contributed by atoms with Gasteiger partial charge in [0.15, 0.2) is 0 Å². The largest absolute Gasteiger partial charge is 0.362 e. The highest BCUT2D eigenvalue weighted by Crippen LogP contribution is 2.31. The molecule has 3 heterocycles. The highest BCUT2D eigenvalue weighted by atomic mass is 79.9. The summed E-state index contributed by atoms with van der Waals surface area (Å²) in [7, 11) is 0. The van der Waals surface area contributed by atoms with Crippen molar-refractivity contribution in [3.05, 3.63) is 82.6 Å². The van der Waals surface area contributed by atoms with Gasteiger partial charge < -0.3 is 20.9 Å². The summed E-state index contributed by atoms with van der Waals surface area (Å²) in [6, 6.07) is 16.7. The van der Waals surface area contributed by atoms with Gasteiger partial charge in [-0.15, -0.1) is 0 Å². The summed E-state index contributed by atoms with van der Waals surface area (Å²) < 4.78 is 0.826. The molecular formula is C25H25BrN6. The zero-order valence-corrected chi connectivity index (χ0v) is 19.4. The van der Waals surface area contributed by atoms with Crippen LogP contribution in [-0.4, -0.2) is 28.0 Å². The van der Waals surface area contributed by atoms with Crippen molar-refractivity contribution < 1.29 is 0 Å². The number of nitrogens with zero attached hydrogens (tertiary/aromatic N) is 2. The van der Waals surface area contributed by atoms with E-state index < -0.39 is 0 Å². The van der Waals surface area contributed by atoms with Gasteiger partial charge >= 0.3 is 0 Å². The molecule has 0 unspecified atom stereocenters. The fourth-order valence-corrected chi connectivity index (χ4v) is 4.32. The Labute approximate surface area is 195 Å². The molecule has 2 aromatic carbocycles. The monoisotopic (exact) mass is 488 g/mol. The molecule has 0 fully saturated rings. The van der Waals surface area contributed by atoms with Gasteiger partial charge in [-0.05, 0) is 65.2 Å². The molecular weight excluding hydrogens is 464 g/mol. The van der Waals surface area contributed by atoms with Crippen LogP contribution in [0, 0.1) is 0 Å². The maximum atomic E-state index is 4.71. The second kappa shape index (κ2) is 9.14. The molecule has 0 bridgehead atoms. The third-order valence-corrected chi connectivity index (χ3v) is 6.32. The lowest BCUT2D eigenvalue weighted by atomic mass is 9.99. The van der Waals surface area contributed by atoms with Crippen LogP contribution in [0.1, 0.15) is 30.5 Å². The van der Waals surface area contributed by atoms with Gasteiger partial charge in [-0.1, -0.05) is 36.4 Å². The van der Waals surface area contributed by atoms with E-state index in [0.29, 0.717) is 5.95 Å². The summed E-state index contributed by atoms with van der Waals surface area (Å²) in [6.45, 7) is 4.05. The smallest absolute Gasteiger partial charge is 0.229 e. The Bertz CT molecular complexity index is 1260. The Morgan fingerprint density at radius 3 is 2.81 bits per heavy atom. The van der Waals surface area contributed by atoms with E-state index >= 15 is 0 Å². The molecule has 162 valence electrons. The van der Waals surface area contributed by atoms with Gasteiger partial charge in [-0.3, -0.25) is 0 Å². The molecule has 0 aliphatic carbocycles. The quantitative estimate of drug-likeness (QED) is 0.267. The van der Waals surface area contributed by atoms with Crippen molar-refractivity contribution in [3.63, 3.8) is 0 Å². The minimum atomic E-state index is 0.118. The van der Waals surface area contributed by atoms with Crippen molar-refractivity contribution in [2.24, 2.45) is 0 Å². The number of rotatable bonds is 6. The average Bonchev–Trinajstić information content (AvgIpc) is 3.25. The zero-order chi connectivity index (χ0) is 21.9. The third kappa shape index (κ3) is 4.40. The molecule has 1 aliphatic heterocycles. The van der Waals surface area contributed by atoms with Gasteiger partial charge in [0, 0.05) is 47.1 Å². The van der Waals surface area contributed by atoms with Gasteiger partial charge in [0.05, 0.1) is 4.47 Å². The summed E-state index contributed by atoms with van der Waals surface area (Å²) in [5.74, 6) is 1.30. The van der Waals surface area contributed by atoms with Crippen LogP contribution in [0.25, 0.3) is 16.5 Å². The van der Waals surface area contributed by atoms with E-state index in [-0.39, 0.29) is 6.04 Å². The van der Waals surface area contributed by atoms with Gasteiger partial charge in [0.1, 0.15) is 5.82 Å². The van der Waals surface area contributed by atoms with Crippen molar-refractivity contribution in [3.8, 4) is 0 Å². The molecule has 7 heteroatoms. The van der Waals surface area contributed by atoms with Crippen molar-refractivity contribution in [1.82, 2.24) is 20.3 Å². The Hall–Kier alpha value is -3.16. The molecule has 32 heavy (non-hydrogen) atoms. The van der Waals surface area contributed by atoms with E-state index in [2.05, 4.69) is 85.3 Å². The van der Waals surface area contributed by atoms with Crippen molar-refractivity contribution >= 4 is 49.9 Å². The summed E-state index contributed by atoms with van der Waals surface area (Å²) in [5, 5.41) is 11.4. The normalized spacial score (nSPS) is 14.8. The van der Waals surface area contributed by atoms with Crippen LogP contribution in [0.5, 0.6) is 0 Å². The van der Waals surface area contributed by atoms with E-state index in [0.717, 1.165) is 41.0 Å². The van der Waals surface area contributed by atoms with Crippen LogP contribution in [0.15, 0.2) is 71.5 Å². The van der Waals surface area contributed by atoms with Crippen LogP contribution in [0.3, 0.4) is 0 Å². The summed E-state index contributed by atoms with van der Waals surface area (Å²) >= 11 is 3.57. The first-order valence-corrected chi connectivity index (χ1v) is 11.6. The number of benzene rings is 2. The average molecular weight is 489 g/mol. The van der Waals surface area contributed by atoms with Crippen LogP contribution in [0.2, 0.25) is 0 Å². The highest BCUT2D eigenvalue weighted by Gasteiger charge is 2.13. The summed E-state index contributed by atoms with van der Waals surface area (Å²) in [5.41, 5.74) is 5.93. The number of aromatic nitrogens is 3. The van der Waals surface area contributed by atoms with E-state index in [1.54, 1.807) is 6.20 Å². The lowest BCUT2D eigenvalue weighted by Crippen LogP contribution is -2.19. The maximum absolute atomic E-state index is 4.71. The minimum Gasteiger partial charge on any atom is -0.362 e. The Kier molecular flexibility index (Phi) is 5.92. The summed E-state index contributed by atoms with van der Waals surface area (Å²) in [4.78, 5) is 12.6. The van der Waals surface area contributed by atoms with Crippen molar-refractivity contribution in [2.45, 2.75) is 19.4 Å². The first-order chi connectivity index (χ1) is 15.7. The fraction of sp³-hybridized carbons (Fsp3) is 0.200. The maximum Gasteiger partial charge on any atom is 0.229 e. The van der Waals surface area contributed by atoms with Gasteiger partial charge in [0.25, 0.3) is 0 Å². The fourth-order valence-electron chi connectivity index (χ4n) is 4.02. The number of aromatic amines is 1. The lowest BCUT2D eigenvalue weighted by Gasteiger charge is -2.17.